The van der Waals surface area contributed by atoms with Crippen LogP contribution in [0.15, 0.2) is 30.5 Å². The van der Waals surface area contributed by atoms with Crippen LogP contribution in [0, 0.1) is 0 Å². The quantitative estimate of drug-likeness (QED) is 0.827. The minimum atomic E-state index is -0.0727. The van der Waals surface area contributed by atoms with Gasteiger partial charge in [-0.25, -0.2) is 0 Å². The zero-order chi connectivity index (χ0) is 19.5. The average molecular weight is 384 g/mol. The summed E-state index contributed by atoms with van der Waals surface area (Å²) in [7, 11) is 1.63. The Labute approximate surface area is 165 Å². The molecule has 2 fully saturated rings. The molecule has 0 radical (unpaired) electrons. The lowest BCUT2D eigenvalue weighted by Crippen LogP contribution is -2.47. The molecule has 1 atom stereocenters. The lowest BCUT2D eigenvalue weighted by molar-refractivity contribution is -0.122. The van der Waals surface area contributed by atoms with Crippen molar-refractivity contribution in [2.24, 2.45) is 0 Å². The molecule has 0 aliphatic carbocycles. The number of nitrogens with one attached hydrogen (secondary N) is 2. The number of amides is 2. The molecule has 7 nitrogen and oxygen atoms in total. The Bertz CT molecular complexity index is 856. The fraction of sp³-hybridized carbons (Fsp3) is 0.524. The van der Waals surface area contributed by atoms with E-state index < -0.39 is 0 Å². The van der Waals surface area contributed by atoms with E-state index in [1.807, 2.05) is 35.0 Å². The van der Waals surface area contributed by atoms with Gasteiger partial charge in [0.05, 0.1) is 11.6 Å². The molecule has 28 heavy (non-hydrogen) atoms. The van der Waals surface area contributed by atoms with E-state index in [2.05, 4.69) is 15.5 Å². The average Bonchev–Trinajstić information content (AvgIpc) is 3.36. The summed E-state index contributed by atoms with van der Waals surface area (Å²) in [6.07, 6.45) is 5.86. The lowest BCUT2D eigenvalue weighted by Gasteiger charge is -2.34. The van der Waals surface area contributed by atoms with Crippen molar-refractivity contribution >= 4 is 28.4 Å². The summed E-state index contributed by atoms with van der Waals surface area (Å²) in [6.45, 7) is 2.82. The van der Waals surface area contributed by atoms with Crippen molar-refractivity contribution in [3.63, 3.8) is 0 Å². The van der Waals surface area contributed by atoms with Gasteiger partial charge in [-0.05, 0) is 55.8 Å². The molecule has 0 unspecified atom stereocenters. The molecule has 2 aliphatic heterocycles. The van der Waals surface area contributed by atoms with Crippen LogP contribution < -0.4 is 10.6 Å². The Morgan fingerprint density at radius 3 is 2.79 bits per heavy atom. The van der Waals surface area contributed by atoms with Gasteiger partial charge < -0.3 is 19.9 Å². The van der Waals surface area contributed by atoms with Crippen molar-refractivity contribution in [1.82, 2.24) is 14.8 Å². The van der Waals surface area contributed by atoms with Crippen LogP contribution in [-0.4, -0.2) is 60.2 Å². The van der Waals surface area contributed by atoms with Crippen LogP contribution in [0.5, 0.6) is 0 Å². The van der Waals surface area contributed by atoms with Crippen molar-refractivity contribution in [1.29, 1.82) is 0 Å². The zero-order valence-electron chi connectivity index (χ0n) is 16.3. The van der Waals surface area contributed by atoms with Gasteiger partial charge in [0.2, 0.25) is 11.8 Å². The highest BCUT2D eigenvalue weighted by Gasteiger charge is 2.35. The maximum absolute atomic E-state index is 13.0. The van der Waals surface area contributed by atoms with Gasteiger partial charge in [-0.15, -0.1) is 0 Å². The number of aromatic nitrogens is 1. The highest BCUT2D eigenvalue weighted by molar-refractivity contribution is 5.97. The number of benzene rings is 1. The van der Waals surface area contributed by atoms with Crippen molar-refractivity contribution < 1.29 is 14.3 Å². The predicted octanol–water partition coefficient (Wildman–Crippen LogP) is 1.97. The van der Waals surface area contributed by atoms with Gasteiger partial charge >= 0.3 is 0 Å². The second-order valence-electron chi connectivity index (χ2n) is 7.62. The van der Waals surface area contributed by atoms with Crippen molar-refractivity contribution in [3.8, 4) is 0 Å². The smallest absolute Gasteiger partial charge is 0.241 e. The largest absolute Gasteiger partial charge is 0.381 e. The maximum Gasteiger partial charge on any atom is 0.241 e. The molecule has 2 saturated heterocycles. The first kappa shape index (κ1) is 19.0. The third kappa shape index (κ3) is 3.91. The van der Waals surface area contributed by atoms with Gasteiger partial charge in [-0.3, -0.25) is 14.5 Å². The topological polar surface area (TPSA) is 75.6 Å². The number of hydrogen-bond acceptors (Lipinski definition) is 4. The van der Waals surface area contributed by atoms with Gasteiger partial charge in [0.15, 0.2) is 0 Å². The molecule has 2 amide bonds. The summed E-state index contributed by atoms with van der Waals surface area (Å²) in [5.74, 6) is 0.0118. The van der Waals surface area contributed by atoms with E-state index >= 15 is 0 Å². The van der Waals surface area contributed by atoms with Crippen molar-refractivity contribution in [2.75, 3.05) is 32.1 Å². The SMILES string of the molecule is CNC(=O)Cn1ccc2ccc(NC(=O)[C@H]3CCCN3C3CCOCC3)cc21. The normalized spacial score (nSPS) is 21.1. The fourth-order valence-corrected chi connectivity index (χ4v) is 4.38. The maximum atomic E-state index is 13.0. The summed E-state index contributed by atoms with van der Waals surface area (Å²) in [5, 5.41) is 6.80. The molecule has 0 bridgehead atoms. The molecule has 4 rings (SSSR count). The van der Waals surface area contributed by atoms with Gasteiger partial charge in [0, 0.05) is 38.2 Å². The highest BCUT2D eigenvalue weighted by Crippen LogP contribution is 2.27. The van der Waals surface area contributed by atoms with E-state index in [1.54, 1.807) is 7.05 Å². The van der Waals surface area contributed by atoms with E-state index in [4.69, 9.17) is 4.74 Å². The van der Waals surface area contributed by atoms with E-state index in [9.17, 15) is 9.59 Å². The van der Waals surface area contributed by atoms with Crippen molar-refractivity contribution in [3.05, 3.63) is 30.5 Å². The molecule has 0 spiro atoms. The third-order valence-corrected chi connectivity index (χ3v) is 5.89. The summed E-state index contributed by atoms with van der Waals surface area (Å²) >= 11 is 0. The Balaban J connectivity index is 1.48. The highest BCUT2D eigenvalue weighted by atomic mass is 16.5. The van der Waals surface area contributed by atoms with E-state index in [1.165, 1.54) is 0 Å². The van der Waals surface area contributed by atoms with Crippen LogP contribution in [0.1, 0.15) is 25.7 Å². The minimum Gasteiger partial charge on any atom is -0.381 e. The first-order valence-electron chi connectivity index (χ1n) is 10.1. The Hall–Kier alpha value is -2.38. The van der Waals surface area contributed by atoms with Crippen LogP contribution >= 0.6 is 0 Å². The third-order valence-electron chi connectivity index (χ3n) is 5.89. The summed E-state index contributed by atoms with van der Waals surface area (Å²) < 4.78 is 7.37. The monoisotopic (exact) mass is 384 g/mol. The number of carbonyl (C=O) groups is 2. The Morgan fingerprint density at radius 2 is 2.00 bits per heavy atom. The van der Waals surface area contributed by atoms with Crippen LogP contribution in [0.3, 0.4) is 0 Å². The number of anilines is 1. The zero-order valence-corrected chi connectivity index (χ0v) is 16.3. The number of likely N-dealkylation sites (N-methyl/N-ethyl adjacent to an activating group) is 1. The number of carbonyl (C=O) groups excluding carboxylic acids is 2. The predicted molar refractivity (Wildman–Crippen MR) is 108 cm³/mol. The Kier molecular flexibility index (Phi) is 5.64. The lowest BCUT2D eigenvalue weighted by atomic mass is 10.1. The van der Waals surface area contributed by atoms with E-state index in [0.29, 0.717) is 6.04 Å². The fourth-order valence-electron chi connectivity index (χ4n) is 4.38. The first-order chi connectivity index (χ1) is 13.7. The standard InChI is InChI=1S/C21H28N4O3/c1-22-20(26)14-24-10-6-15-4-5-16(13-19(15)24)23-21(27)18-3-2-9-25(18)17-7-11-28-12-8-17/h4-6,10,13,17-18H,2-3,7-9,11-12,14H2,1H3,(H,22,26)(H,23,27)/t18-/m1/s1. The van der Waals surface area contributed by atoms with E-state index in [0.717, 1.165) is 62.0 Å². The molecular weight excluding hydrogens is 356 g/mol. The Morgan fingerprint density at radius 1 is 1.18 bits per heavy atom. The molecule has 2 N–H and O–H groups in total. The summed E-state index contributed by atoms with van der Waals surface area (Å²) in [4.78, 5) is 27.1. The molecular formula is C21H28N4O3. The van der Waals surface area contributed by atoms with Gasteiger partial charge in [0.25, 0.3) is 0 Å². The van der Waals surface area contributed by atoms with Crippen molar-refractivity contribution in [2.45, 2.75) is 44.3 Å². The van der Waals surface area contributed by atoms with Crippen LogP contribution in [0.4, 0.5) is 5.69 Å². The molecule has 0 saturated carbocycles. The van der Waals surface area contributed by atoms with Crippen LogP contribution in [-0.2, 0) is 20.9 Å². The molecule has 1 aromatic heterocycles. The number of ether oxygens (including phenoxy) is 1. The molecule has 3 heterocycles. The number of fused-ring (bicyclic) bond motifs is 1. The molecule has 1 aromatic carbocycles. The number of nitrogens with zero attached hydrogens (tertiary/aromatic N) is 2. The second-order valence-corrected chi connectivity index (χ2v) is 7.62. The summed E-state index contributed by atoms with van der Waals surface area (Å²) in [6, 6.07) is 8.21. The van der Waals surface area contributed by atoms with Gasteiger partial charge in [0.1, 0.15) is 6.54 Å². The van der Waals surface area contributed by atoms with E-state index in [-0.39, 0.29) is 24.4 Å². The van der Waals surface area contributed by atoms with Gasteiger partial charge in [-0.2, -0.15) is 0 Å². The number of hydrogen-bond donors (Lipinski definition) is 2. The van der Waals surface area contributed by atoms with Gasteiger partial charge in [-0.1, -0.05) is 6.07 Å². The molecule has 2 aromatic rings. The number of rotatable bonds is 5. The molecule has 7 heteroatoms. The minimum absolute atomic E-state index is 0.0509. The number of likely N-dealkylation sites (tertiary alicyclic amines) is 1. The first-order valence-corrected chi connectivity index (χ1v) is 10.1. The molecule has 2 aliphatic rings. The molecule has 150 valence electrons. The summed E-state index contributed by atoms with van der Waals surface area (Å²) in [5.41, 5.74) is 1.71. The van der Waals surface area contributed by atoms with Crippen LogP contribution in [0.25, 0.3) is 10.9 Å². The van der Waals surface area contributed by atoms with Crippen LogP contribution in [0.2, 0.25) is 0 Å². The second kappa shape index (κ2) is 8.32.